The third-order valence-electron chi connectivity index (χ3n) is 3.62. The Labute approximate surface area is 156 Å². The van der Waals surface area contributed by atoms with Crippen molar-refractivity contribution in [2.24, 2.45) is 0 Å². The summed E-state index contributed by atoms with van der Waals surface area (Å²) in [5, 5.41) is 0.549. The lowest BCUT2D eigenvalue weighted by Crippen LogP contribution is -2.04. The van der Waals surface area contributed by atoms with Gasteiger partial charge in [0.2, 0.25) is 5.76 Å². The Morgan fingerprint density at radius 1 is 0.962 bits per heavy atom. The van der Waals surface area contributed by atoms with Crippen LogP contribution < -0.4 is 9.47 Å². The molecule has 3 rings (SSSR count). The number of rotatable bonds is 7. The molecule has 0 unspecified atom stereocenters. The molecule has 6 heteroatoms. The Balaban J connectivity index is 1.53. The van der Waals surface area contributed by atoms with Gasteiger partial charge in [0.1, 0.15) is 30.5 Å². The van der Waals surface area contributed by atoms with Gasteiger partial charge in [0, 0.05) is 10.6 Å². The minimum Gasteiger partial charge on any atom is -0.497 e. The molecular weight excluding hydrogens is 356 g/mol. The van der Waals surface area contributed by atoms with Crippen LogP contribution in [0.15, 0.2) is 65.1 Å². The van der Waals surface area contributed by atoms with E-state index in [1.807, 2.05) is 12.1 Å². The average Bonchev–Trinajstić information content (AvgIpc) is 3.15. The van der Waals surface area contributed by atoms with Crippen molar-refractivity contribution in [3.63, 3.8) is 0 Å². The predicted molar refractivity (Wildman–Crippen MR) is 96.6 cm³/mol. The largest absolute Gasteiger partial charge is 0.497 e. The van der Waals surface area contributed by atoms with Crippen molar-refractivity contribution in [1.29, 1.82) is 0 Å². The van der Waals surface area contributed by atoms with Gasteiger partial charge in [-0.25, -0.2) is 4.79 Å². The van der Waals surface area contributed by atoms with E-state index < -0.39 is 5.97 Å². The summed E-state index contributed by atoms with van der Waals surface area (Å²) in [4.78, 5) is 12.1. The molecule has 5 nitrogen and oxygen atoms in total. The number of methoxy groups -OCH3 is 1. The average molecular weight is 373 g/mol. The van der Waals surface area contributed by atoms with Gasteiger partial charge in [-0.1, -0.05) is 29.8 Å². The molecule has 26 heavy (non-hydrogen) atoms. The molecule has 0 radical (unpaired) electrons. The van der Waals surface area contributed by atoms with Gasteiger partial charge < -0.3 is 18.6 Å². The minimum absolute atomic E-state index is 0.0802. The predicted octanol–water partition coefficient (Wildman–Crippen LogP) is 4.88. The van der Waals surface area contributed by atoms with Gasteiger partial charge in [-0.15, -0.1) is 0 Å². The molecule has 0 fully saturated rings. The highest BCUT2D eigenvalue weighted by Gasteiger charge is 2.14. The normalized spacial score (nSPS) is 10.4. The lowest BCUT2D eigenvalue weighted by Gasteiger charge is -2.06. The standard InChI is InChI=1S/C20H17ClO5/c1-23-15-6-8-16(9-7-15)24-13-17-10-11-19(26-17)20(22)25-12-14-4-2-3-5-18(14)21/h2-11H,12-13H2,1H3. The van der Waals surface area contributed by atoms with Crippen molar-refractivity contribution >= 4 is 17.6 Å². The molecule has 0 amide bonds. The highest BCUT2D eigenvalue weighted by Crippen LogP contribution is 2.20. The van der Waals surface area contributed by atoms with Crippen molar-refractivity contribution in [3.05, 3.63) is 82.8 Å². The van der Waals surface area contributed by atoms with E-state index in [-0.39, 0.29) is 19.0 Å². The Hall–Kier alpha value is -2.92. The molecule has 0 N–H and O–H groups in total. The molecule has 1 aromatic heterocycles. The first-order chi connectivity index (χ1) is 12.7. The summed E-state index contributed by atoms with van der Waals surface area (Å²) in [5.41, 5.74) is 0.733. The highest BCUT2D eigenvalue weighted by molar-refractivity contribution is 6.31. The molecule has 134 valence electrons. The summed E-state index contributed by atoms with van der Waals surface area (Å²) >= 11 is 6.04. The number of hydrogen-bond donors (Lipinski definition) is 0. The molecular formula is C20H17ClO5. The summed E-state index contributed by atoms with van der Waals surface area (Å²) in [6.45, 7) is 0.279. The molecule has 0 spiro atoms. The van der Waals surface area contributed by atoms with E-state index in [0.29, 0.717) is 16.5 Å². The summed E-state index contributed by atoms with van der Waals surface area (Å²) in [5.74, 6) is 1.50. The first-order valence-corrected chi connectivity index (χ1v) is 8.29. The number of furan rings is 1. The van der Waals surface area contributed by atoms with E-state index >= 15 is 0 Å². The van der Waals surface area contributed by atoms with Crippen LogP contribution in [0.5, 0.6) is 11.5 Å². The molecule has 3 aromatic rings. The highest BCUT2D eigenvalue weighted by atomic mass is 35.5. The van der Waals surface area contributed by atoms with Crippen LogP contribution in [0.4, 0.5) is 0 Å². The number of carbonyl (C=O) groups excluding carboxylic acids is 1. The molecule has 0 saturated carbocycles. The molecule has 0 aliphatic carbocycles. The van der Waals surface area contributed by atoms with Crippen molar-refractivity contribution in [2.45, 2.75) is 13.2 Å². The molecule has 0 bridgehead atoms. The molecule has 1 heterocycles. The number of halogens is 1. The number of esters is 1. The van der Waals surface area contributed by atoms with Crippen LogP contribution in [0.3, 0.4) is 0 Å². The third kappa shape index (κ3) is 4.58. The fourth-order valence-electron chi connectivity index (χ4n) is 2.22. The molecule has 0 atom stereocenters. The topological polar surface area (TPSA) is 57.9 Å². The van der Waals surface area contributed by atoms with Gasteiger partial charge in [-0.3, -0.25) is 0 Å². The van der Waals surface area contributed by atoms with Gasteiger partial charge in [0.25, 0.3) is 0 Å². The van der Waals surface area contributed by atoms with E-state index in [0.717, 1.165) is 11.3 Å². The number of hydrogen-bond acceptors (Lipinski definition) is 5. The van der Waals surface area contributed by atoms with E-state index in [4.69, 9.17) is 30.2 Å². The van der Waals surface area contributed by atoms with Gasteiger partial charge in [-0.2, -0.15) is 0 Å². The van der Waals surface area contributed by atoms with Crippen molar-refractivity contribution in [1.82, 2.24) is 0 Å². The second kappa shape index (κ2) is 8.45. The second-order valence-electron chi connectivity index (χ2n) is 5.40. The maximum absolute atomic E-state index is 12.1. The maximum Gasteiger partial charge on any atom is 0.374 e. The van der Waals surface area contributed by atoms with E-state index in [2.05, 4.69) is 0 Å². The van der Waals surface area contributed by atoms with Crippen LogP contribution in [-0.2, 0) is 18.0 Å². The van der Waals surface area contributed by atoms with Crippen LogP contribution in [0.2, 0.25) is 5.02 Å². The van der Waals surface area contributed by atoms with Crippen LogP contribution in [0.1, 0.15) is 21.9 Å². The van der Waals surface area contributed by atoms with Crippen LogP contribution in [0.25, 0.3) is 0 Å². The van der Waals surface area contributed by atoms with Crippen LogP contribution in [0, 0.1) is 0 Å². The Morgan fingerprint density at radius 3 is 2.42 bits per heavy atom. The zero-order valence-corrected chi connectivity index (χ0v) is 14.9. The molecule has 2 aromatic carbocycles. The van der Waals surface area contributed by atoms with E-state index in [1.165, 1.54) is 0 Å². The number of benzene rings is 2. The first kappa shape index (κ1) is 17.9. The first-order valence-electron chi connectivity index (χ1n) is 7.92. The third-order valence-corrected chi connectivity index (χ3v) is 3.99. The smallest absolute Gasteiger partial charge is 0.374 e. The summed E-state index contributed by atoms with van der Waals surface area (Å²) < 4.78 is 21.4. The SMILES string of the molecule is COc1ccc(OCc2ccc(C(=O)OCc3ccccc3Cl)o2)cc1. The Morgan fingerprint density at radius 2 is 1.69 bits per heavy atom. The van der Waals surface area contributed by atoms with E-state index in [1.54, 1.807) is 55.6 Å². The molecule has 0 aliphatic heterocycles. The van der Waals surface area contributed by atoms with Crippen molar-refractivity contribution in [3.8, 4) is 11.5 Å². The van der Waals surface area contributed by atoms with Crippen molar-refractivity contribution < 1.29 is 23.4 Å². The van der Waals surface area contributed by atoms with Crippen LogP contribution >= 0.6 is 11.6 Å². The van der Waals surface area contributed by atoms with Gasteiger partial charge in [0.15, 0.2) is 0 Å². The minimum atomic E-state index is -0.555. The Kier molecular flexibility index (Phi) is 5.81. The lowest BCUT2D eigenvalue weighted by molar-refractivity contribution is 0.0432. The van der Waals surface area contributed by atoms with Gasteiger partial charge >= 0.3 is 5.97 Å². The maximum atomic E-state index is 12.1. The Bertz CT molecular complexity index is 870. The summed E-state index contributed by atoms with van der Waals surface area (Å²) in [7, 11) is 1.60. The fourth-order valence-corrected chi connectivity index (χ4v) is 2.41. The molecule has 0 saturated heterocycles. The molecule has 0 aliphatic rings. The fraction of sp³-hybridized carbons (Fsp3) is 0.150. The van der Waals surface area contributed by atoms with Crippen LogP contribution in [-0.4, -0.2) is 13.1 Å². The monoisotopic (exact) mass is 372 g/mol. The van der Waals surface area contributed by atoms with Gasteiger partial charge in [-0.05, 0) is 42.5 Å². The second-order valence-corrected chi connectivity index (χ2v) is 5.80. The zero-order valence-electron chi connectivity index (χ0n) is 14.1. The number of ether oxygens (including phenoxy) is 3. The summed E-state index contributed by atoms with van der Waals surface area (Å²) in [6, 6.07) is 17.6. The quantitative estimate of drug-likeness (QED) is 0.553. The van der Waals surface area contributed by atoms with Crippen molar-refractivity contribution in [2.75, 3.05) is 7.11 Å². The summed E-state index contributed by atoms with van der Waals surface area (Å²) in [6.07, 6.45) is 0. The lowest BCUT2D eigenvalue weighted by atomic mass is 10.2. The van der Waals surface area contributed by atoms with E-state index in [9.17, 15) is 4.79 Å². The zero-order chi connectivity index (χ0) is 18.4. The number of carbonyl (C=O) groups is 1. The van der Waals surface area contributed by atoms with Gasteiger partial charge in [0.05, 0.1) is 7.11 Å².